The van der Waals surface area contributed by atoms with Crippen molar-refractivity contribution >= 4 is 12.0 Å². The molecule has 0 aliphatic carbocycles. The number of carboxylic acids is 1. The third-order valence-electron chi connectivity index (χ3n) is 3.16. The Morgan fingerprint density at radius 1 is 1.11 bits per heavy atom. The summed E-state index contributed by atoms with van der Waals surface area (Å²) >= 11 is 0. The van der Waals surface area contributed by atoms with E-state index in [1.807, 2.05) is 0 Å². The van der Waals surface area contributed by atoms with Gasteiger partial charge < -0.3 is 20.4 Å². The van der Waals surface area contributed by atoms with Gasteiger partial charge in [0.15, 0.2) is 0 Å². The van der Waals surface area contributed by atoms with Crippen LogP contribution < -0.4 is 5.32 Å². The molecule has 1 rings (SSSR count). The van der Waals surface area contributed by atoms with Crippen molar-refractivity contribution in [2.24, 2.45) is 0 Å². The van der Waals surface area contributed by atoms with Crippen molar-refractivity contribution in [1.29, 1.82) is 0 Å². The van der Waals surface area contributed by atoms with Crippen LogP contribution in [-0.2, 0) is 4.79 Å². The van der Waals surface area contributed by atoms with Gasteiger partial charge in [-0.1, -0.05) is 19.3 Å². The Labute approximate surface area is 107 Å². The normalized spacial score (nSPS) is 18.6. The highest BCUT2D eigenvalue weighted by Crippen LogP contribution is 2.10. The minimum absolute atomic E-state index is 0.0366. The highest BCUT2D eigenvalue weighted by atomic mass is 16.4. The quantitative estimate of drug-likeness (QED) is 0.695. The minimum atomic E-state index is -1.11. The lowest BCUT2D eigenvalue weighted by Gasteiger charge is -2.26. The van der Waals surface area contributed by atoms with Gasteiger partial charge in [0.05, 0.1) is 0 Å². The Bertz CT molecular complexity index is 275. The van der Waals surface area contributed by atoms with Crippen molar-refractivity contribution in [3.63, 3.8) is 0 Å². The number of aliphatic hydroxyl groups excluding tert-OH is 1. The van der Waals surface area contributed by atoms with Crippen LogP contribution in [0.2, 0.25) is 0 Å². The van der Waals surface area contributed by atoms with Gasteiger partial charge in [0, 0.05) is 26.1 Å². The molecule has 1 atom stereocenters. The van der Waals surface area contributed by atoms with Crippen molar-refractivity contribution in [2.45, 2.75) is 44.6 Å². The molecule has 3 N–H and O–H groups in total. The van der Waals surface area contributed by atoms with Crippen LogP contribution in [0.25, 0.3) is 0 Å². The Morgan fingerprint density at radius 3 is 2.17 bits per heavy atom. The molecule has 104 valence electrons. The third-order valence-corrected chi connectivity index (χ3v) is 3.16. The Balaban J connectivity index is 2.47. The number of amides is 2. The number of rotatable bonds is 4. The SMILES string of the molecule is O=C(O)C(CCO)NC(=O)N1CCCCCCC1. The summed E-state index contributed by atoms with van der Waals surface area (Å²) in [7, 11) is 0. The maximum Gasteiger partial charge on any atom is 0.326 e. The van der Waals surface area contributed by atoms with Crippen molar-refractivity contribution in [1.82, 2.24) is 10.2 Å². The molecule has 0 bridgehead atoms. The standard InChI is InChI=1S/C12H22N2O4/c15-9-6-10(11(16)17)13-12(18)14-7-4-2-1-3-5-8-14/h10,15H,1-9H2,(H,13,18)(H,16,17). The van der Waals surface area contributed by atoms with Crippen LogP contribution >= 0.6 is 0 Å². The van der Waals surface area contributed by atoms with E-state index in [4.69, 9.17) is 10.2 Å². The number of urea groups is 1. The third kappa shape index (κ3) is 4.91. The van der Waals surface area contributed by atoms with Gasteiger partial charge in [0.1, 0.15) is 6.04 Å². The first kappa shape index (κ1) is 14.8. The van der Waals surface area contributed by atoms with Gasteiger partial charge in [-0.3, -0.25) is 0 Å². The van der Waals surface area contributed by atoms with Gasteiger partial charge in [0.25, 0.3) is 0 Å². The number of likely N-dealkylation sites (tertiary alicyclic amines) is 1. The first-order valence-corrected chi connectivity index (χ1v) is 6.54. The van der Waals surface area contributed by atoms with E-state index in [-0.39, 0.29) is 19.1 Å². The molecule has 6 heteroatoms. The van der Waals surface area contributed by atoms with E-state index < -0.39 is 12.0 Å². The van der Waals surface area contributed by atoms with Crippen LogP contribution in [0.15, 0.2) is 0 Å². The van der Waals surface area contributed by atoms with E-state index in [9.17, 15) is 9.59 Å². The van der Waals surface area contributed by atoms with Crippen molar-refractivity contribution in [2.75, 3.05) is 19.7 Å². The van der Waals surface area contributed by atoms with E-state index in [1.165, 1.54) is 6.42 Å². The largest absolute Gasteiger partial charge is 0.480 e. The smallest absolute Gasteiger partial charge is 0.326 e. The van der Waals surface area contributed by atoms with Crippen LogP contribution in [0.3, 0.4) is 0 Å². The lowest BCUT2D eigenvalue weighted by Crippen LogP contribution is -2.49. The van der Waals surface area contributed by atoms with Crippen LogP contribution in [0, 0.1) is 0 Å². The van der Waals surface area contributed by atoms with Crippen molar-refractivity contribution in [3.8, 4) is 0 Å². The maximum absolute atomic E-state index is 11.9. The van der Waals surface area contributed by atoms with E-state index in [0.29, 0.717) is 13.1 Å². The first-order valence-electron chi connectivity index (χ1n) is 6.54. The van der Waals surface area contributed by atoms with Crippen LogP contribution in [-0.4, -0.2) is 52.9 Å². The fourth-order valence-corrected chi connectivity index (χ4v) is 2.08. The van der Waals surface area contributed by atoms with E-state index in [2.05, 4.69) is 5.32 Å². The molecule has 1 heterocycles. The van der Waals surface area contributed by atoms with Gasteiger partial charge in [-0.2, -0.15) is 0 Å². The molecule has 1 aliphatic rings. The van der Waals surface area contributed by atoms with Crippen molar-refractivity contribution < 1.29 is 19.8 Å². The number of nitrogens with one attached hydrogen (secondary N) is 1. The first-order chi connectivity index (χ1) is 8.65. The Kier molecular flexibility index (Phi) is 6.49. The Hall–Kier alpha value is -1.30. The van der Waals surface area contributed by atoms with Crippen LogP contribution in [0.1, 0.15) is 38.5 Å². The number of carbonyl (C=O) groups excluding carboxylic acids is 1. The lowest BCUT2D eigenvalue weighted by atomic mass is 10.1. The molecule has 1 fully saturated rings. The molecule has 1 unspecified atom stereocenters. The number of aliphatic hydroxyl groups is 1. The summed E-state index contributed by atoms with van der Waals surface area (Å²) in [6.45, 7) is 1.10. The van der Waals surface area contributed by atoms with Gasteiger partial charge in [-0.25, -0.2) is 9.59 Å². The fraction of sp³-hybridized carbons (Fsp3) is 0.833. The van der Waals surface area contributed by atoms with Gasteiger partial charge in [-0.05, 0) is 12.8 Å². The molecule has 0 saturated carbocycles. The number of nitrogens with zero attached hydrogens (tertiary/aromatic N) is 1. The number of aliphatic carboxylic acids is 1. The molecule has 0 aromatic heterocycles. The van der Waals surface area contributed by atoms with Gasteiger partial charge in [-0.15, -0.1) is 0 Å². The summed E-state index contributed by atoms with van der Waals surface area (Å²) in [5.41, 5.74) is 0. The molecular weight excluding hydrogens is 236 g/mol. The number of carboxylic acid groups (broad SMARTS) is 1. The second-order valence-corrected chi connectivity index (χ2v) is 4.61. The highest BCUT2D eigenvalue weighted by Gasteiger charge is 2.22. The average molecular weight is 258 g/mol. The molecule has 0 spiro atoms. The fourth-order valence-electron chi connectivity index (χ4n) is 2.08. The lowest BCUT2D eigenvalue weighted by molar-refractivity contribution is -0.139. The predicted molar refractivity (Wildman–Crippen MR) is 66.3 cm³/mol. The van der Waals surface area contributed by atoms with E-state index in [0.717, 1.165) is 25.7 Å². The molecule has 18 heavy (non-hydrogen) atoms. The molecule has 1 saturated heterocycles. The number of hydrogen-bond acceptors (Lipinski definition) is 3. The summed E-state index contributed by atoms with van der Waals surface area (Å²) in [5.74, 6) is -1.11. The molecule has 6 nitrogen and oxygen atoms in total. The molecule has 0 aromatic rings. The summed E-state index contributed by atoms with van der Waals surface area (Å²) in [6.07, 6.45) is 5.40. The number of carbonyl (C=O) groups is 2. The second kappa shape index (κ2) is 7.92. The molecule has 2 amide bonds. The molecule has 0 aromatic carbocycles. The summed E-state index contributed by atoms with van der Waals surface area (Å²) in [4.78, 5) is 24.5. The zero-order valence-electron chi connectivity index (χ0n) is 10.6. The van der Waals surface area contributed by atoms with Crippen LogP contribution in [0.4, 0.5) is 4.79 Å². The monoisotopic (exact) mass is 258 g/mol. The van der Waals surface area contributed by atoms with E-state index >= 15 is 0 Å². The minimum Gasteiger partial charge on any atom is -0.480 e. The zero-order valence-corrected chi connectivity index (χ0v) is 10.6. The topological polar surface area (TPSA) is 89.9 Å². The highest BCUT2D eigenvalue weighted by molar-refractivity contribution is 5.82. The predicted octanol–water partition coefficient (Wildman–Crippen LogP) is 0.798. The van der Waals surface area contributed by atoms with Gasteiger partial charge in [0.2, 0.25) is 0 Å². The summed E-state index contributed by atoms with van der Waals surface area (Å²) < 4.78 is 0. The average Bonchev–Trinajstić information content (AvgIpc) is 2.27. The van der Waals surface area contributed by atoms with E-state index in [1.54, 1.807) is 4.90 Å². The molecule has 0 radical (unpaired) electrons. The number of hydrogen-bond donors (Lipinski definition) is 3. The maximum atomic E-state index is 11.9. The van der Waals surface area contributed by atoms with Crippen molar-refractivity contribution in [3.05, 3.63) is 0 Å². The summed E-state index contributed by atoms with van der Waals surface area (Å²) in [6, 6.07) is -1.34. The second-order valence-electron chi connectivity index (χ2n) is 4.61. The summed E-state index contributed by atoms with van der Waals surface area (Å²) in [5, 5.41) is 20.1. The van der Waals surface area contributed by atoms with Gasteiger partial charge >= 0.3 is 12.0 Å². The molecule has 1 aliphatic heterocycles. The van der Waals surface area contributed by atoms with Crippen LogP contribution in [0.5, 0.6) is 0 Å². The zero-order chi connectivity index (χ0) is 13.4. The molecular formula is C12H22N2O4. The Morgan fingerprint density at radius 2 is 1.67 bits per heavy atom.